The van der Waals surface area contributed by atoms with E-state index in [-0.39, 0.29) is 17.9 Å². The van der Waals surface area contributed by atoms with Crippen LogP contribution in [0.3, 0.4) is 0 Å². The van der Waals surface area contributed by atoms with Crippen molar-refractivity contribution in [1.29, 1.82) is 0 Å². The molecule has 1 fully saturated rings. The lowest BCUT2D eigenvalue weighted by Crippen LogP contribution is -2.33. The number of carbonyl (C=O) groups is 1. The topological polar surface area (TPSA) is 45.8 Å². The first-order valence-corrected chi connectivity index (χ1v) is 9.71. The van der Waals surface area contributed by atoms with Crippen LogP contribution in [0.15, 0.2) is 56.7 Å². The normalized spacial score (nSPS) is 21.4. The van der Waals surface area contributed by atoms with Gasteiger partial charge < -0.3 is 4.42 Å². The van der Waals surface area contributed by atoms with Crippen molar-refractivity contribution in [3.05, 3.63) is 58.5 Å². The third-order valence-electron chi connectivity index (χ3n) is 5.13. The molecule has 2 aliphatic rings. The Labute approximate surface area is 156 Å². The molecular formula is C20H21BrN2O2. The zero-order valence-electron chi connectivity index (χ0n) is 14.0. The van der Waals surface area contributed by atoms with Crippen LogP contribution in [0.1, 0.15) is 55.9 Å². The first kappa shape index (κ1) is 16.6. The van der Waals surface area contributed by atoms with Crippen molar-refractivity contribution in [2.45, 2.75) is 44.6 Å². The fourth-order valence-corrected chi connectivity index (χ4v) is 4.23. The van der Waals surface area contributed by atoms with Gasteiger partial charge in [-0.1, -0.05) is 47.3 Å². The molecule has 1 aromatic carbocycles. The van der Waals surface area contributed by atoms with Crippen molar-refractivity contribution < 1.29 is 9.21 Å². The molecule has 0 saturated heterocycles. The van der Waals surface area contributed by atoms with Gasteiger partial charge in [0, 0.05) is 16.8 Å². The van der Waals surface area contributed by atoms with Crippen molar-refractivity contribution in [1.82, 2.24) is 5.01 Å². The highest BCUT2D eigenvalue weighted by atomic mass is 79.9. The first-order chi connectivity index (χ1) is 12.2. The van der Waals surface area contributed by atoms with Gasteiger partial charge in [0.15, 0.2) is 0 Å². The Morgan fingerprint density at radius 3 is 2.72 bits per heavy atom. The first-order valence-electron chi connectivity index (χ1n) is 8.92. The van der Waals surface area contributed by atoms with E-state index >= 15 is 0 Å². The summed E-state index contributed by atoms with van der Waals surface area (Å²) in [5.74, 6) is 1.01. The largest absolute Gasteiger partial charge is 0.463 e. The number of hydrazone groups is 1. The molecule has 0 bridgehead atoms. The molecule has 0 radical (unpaired) electrons. The summed E-state index contributed by atoms with van der Waals surface area (Å²) in [5.41, 5.74) is 1.95. The minimum Gasteiger partial charge on any atom is -0.463 e. The fourth-order valence-electron chi connectivity index (χ4n) is 3.82. The van der Waals surface area contributed by atoms with Gasteiger partial charge in [0.1, 0.15) is 11.5 Å². The molecule has 1 atom stereocenters. The number of nitrogens with zero attached hydrogens (tertiary/aromatic N) is 2. The quantitative estimate of drug-likeness (QED) is 0.701. The van der Waals surface area contributed by atoms with E-state index in [2.05, 4.69) is 33.2 Å². The number of hydrogen-bond acceptors (Lipinski definition) is 3. The molecule has 2 heterocycles. The van der Waals surface area contributed by atoms with Gasteiger partial charge in [-0.05, 0) is 42.7 Å². The second kappa shape index (κ2) is 7.16. The Bertz CT molecular complexity index is 779. The molecule has 0 spiro atoms. The Hall–Kier alpha value is -1.88. The Kier molecular flexibility index (Phi) is 4.75. The summed E-state index contributed by atoms with van der Waals surface area (Å²) < 4.78 is 6.54. The maximum absolute atomic E-state index is 13.2. The lowest BCUT2D eigenvalue weighted by Gasteiger charge is -2.28. The predicted molar refractivity (Wildman–Crippen MR) is 100 cm³/mol. The van der Waals surface area contributed by atoms with Crippen molar-refractivity contribution in [3.8, 4) is 0 Å². The molecule has 1 aliphatic heterocycles. The molecule has 5 heteroatoms. The molecule has 1 aromatic heterocycles. The average Bonchev–Trinajstić information content (AvgIpc) is 3.31. The second-order valence-corrected chi connectivity index (χ2v) is 7.73. The predicted octanol–water partition coefficient (Wildman–Crippen LogP) is 5.30. The van der Waals surface area contributed by atoms with Crippen molar-refractivity contribution in [2.75, 3.05) is 0 Å². The van der Waals surface area contributed by atoms with Crippen molar-refractivity contribution >= 4 is 27.5 Å². The average molecular weight is 401 g/mol. The summed E-state index contributed by atoms with van der Waals surface area (Å²) in [7, 11) is 0. The zero-order chi connectivity index (χ0) is 17.2. The number of amides is 1. The molecule has 1 saturated carbocycles. The summed E-state index contributed by atoms with van der Waals surface area (Å²) >= 11 is 3.54. The molecule has 1 aliphatic carbocycles. The van der Waals surface area contributed by atoms with Gasteiger partial charge in [-0.2, -0.15) is 5.10 Å². The number of rotatable bonds is 3. The molecule has 2 aromatic rings. The molecule has 130 valence electrons. The number of furan rings is 1. The molecule has 25 heavy (non-hydrogen) atoms. The summed E-state index contributed by atoms with van der Waals surface area (Å²) in [6, 6.07) is 11.9. The van der Waals surface area contributed by atoms with Gasteiger partial charge >= 0.3 is 0 Å². The molecule has 4 rings (SSSR count). The molecule has 4 nitrogen and oxygen atoms in total. The molecule has 1 unspecified atom stereocenters. The van der Waals surface area contributed by atoms with E-state index in [0.717, 1.165) is 47.2 Å². The van der Waals surface area contributed by atoms with E-state index < -0.39 is 0 Å². The standard InChI is InChI=1S/C20H21BrN2O2/c21-16-9-4-8-15(12-16)18-13-17(19-10-5-11-25-19)22-23(18)20(24)14-6-2-1-3-7-14/h4-5,8-12,14,18H,1-3,6-7,13H2. The molecule has 0 N–H and O–H groups in total. The fraction of sp³-hybridized carbons (Fsp3) is 0.400. The molecule has 1 amide bonds. The Morgan fingerprint density at radius 1 is 1.16 bits per heavy atom. The lowest BCUT2D eigenvalue weighted by atomic mass is 9.88. The van der Waals surface area contributed by atoms with Crippen LogP contribution in [0.25, 0.3) is 0 Å². The minimum absolute atomic E-state index is 0.0629. The SMILES string of the molecule is O=C(C1CCCCC1)N1N=C(c2ccco2)CC1c1cccc(Br)c1. The van der Waals surface area contributed by atoms with Crippen LogP contribution in [0.5, 0.6) is 0 Å². The highest BCUT2D eigenvalue weighted by Crippen LogP contribution is 2.37. The smallest absolute Gasteiger partial charge is 0.246 e. The van der Waals surface area contributed by atoms with Gasteiger partial charge in [0.2, 0.25) is 5.91 Å². The molecular weight excluding hydrogens is 380 g/mol. The van der Waals surface area contributed by atoms with Crippen LogP contribution in [-0.4, -0.2) is 16.6 Å². The van der Waals surface area contributed by atoms with E-state index in [1.165, 1.54) is 6.42 Å². The Balaban J connectivity index is 1.66. The van der Waals surface area contributed by atoms with Crippen LogP contribution >= 0.6 is 15.9 Å². The number of benzene rings is 1. The zero-order valence-corrected chi connectivity index (χ0v) is 15.6. The van der Waals surface area contributed by atoms with E-state index in [1.54, 1.807) is 11.3 Å². The van der Waals surface area contributed by atoms with Crippen molar-refractivity contribution in [3.63, 3.8) is 0 Å². The van der Waals surface area contributed by atoms with Crippen LogP contribution in [-0.2, 0) is 4.79 Å². The number of hydrogen-bond donors (Lipinski definition) is 0. The maximum atomic E-state index is 13.2. The van der Waals surface area contributed by atoms with E-state index in [0.29, 0.717) is 6.42 Å². The van der Waals surface area contributed by atoms with Crippen LogP contribution in [0.4, 0.5) is 0 Å². The third kappa shape index (κ3) is 3.43. The highest BCUT2D eigenvalue weighted by Gasteiger charge is 2.37. The maximum Gasteiger partial charge on any atom is 0.246 e. The van der Waals surface area contributed by atoms with Crippen LogP contribution in [0, 0.1) is 5.92 Å². The second-order valence-electron chi connectivity index (χ2n) is 6.82. The van der Waals surface area contributed by atoms with Crippen molar-refractivity contribution in [2.24, 2.45) is 11.0 Å². The van der Waals surface area contributed by atoms with Gasteiger partial charge in [-0.25, -0.2) is 5.01 Å². The summed E-state index contributed by atoms with van der Waals surface area (Å²) in [6.07, 6.45) is 7.80. The van der Waals surface area contributed by atoms with Gasteiger partial charge in [0.05, 0.1) is 12.3 Å². The number of halogens is 1. The number of carbonyl (C=O) groups excluding carboxylic acids is 1. The van der Waals surface area contributed by atoms with Gasteiger partial charge in [-0.3, -0.25) is 4.79 Å². The highest BCUT2D eigenvalue weighted by molar-refractivity contribution is 9.10. The van der Waals surface area contributed by atoms with E-state index in [4.69, 9.17) is 4.42 Å². The van der Waals surface area contributed by atoms with Crippen LogP contribution < -0.4 is 0 Å². The van der Waals surface area contributed by atoms with Gasteiger partial charge in [0.25, 0.3) is 0 Å². The summed E-state index contributed by atoms with van der Waals surface area (Å²) in [5, 5.41) is 6.40. The van der Waals surface area contributed by atoms with E-state index in [9.17, 15) is 4.79 Å². The lowest BCUT2D eigenvalue weighted by molar-refractivity contribution is -0.138. The summed E-state index contributed by atoms with van der Waals surface area (Å²) in [6.45, 7) is 0. The van der Waals surface area contributed by atoms with Crippen LogP contribution in [0.2, 0.25) is 0 Å². The minimum atomic E-state index is -0.0629. The Morgan fingerprint density at radius 2 is 2.00 bits per heavy atom. The van der Waals surface area contributed by atoms with Gasteiger partial charge in [-0.15, -0.1) is 0 Å². The van der Waals surface area contributed by atoms with E-state index in [1.807, 2.05) is 24.3 Å². The monoisotopic (exact) mass is 400 g/mol. The summed E-state index contributed by atoms with van der Waals surface area (Å²) in [4.78, 5) is 13.2. The third-order valence-corrected chi connectivity index (χ3v) is 5.62.